The van der Waals surface area contributed by atoms with Gasteiger partial charge in [-0.25, -0.2) is 0 Å². The highest BCUT2D eigenvalue weighted by molar-refractivity contribution is 9.10. The quantitative estimate of drug-likeness (QED) is 0.867. The summed E-state index contributed by atoms with van der Waals surface area (Å²) < 4.78 is 1.06. The summed E-state index contributed by atoms with van der Waals surface area (Å²) in [6, 6.07) is 7.71. The first-order valence-corrected chi connectivity index (χ1v) is 5.38. The maximum atomic E-state index is 10.5. The summed E-state index contributed by atoms with van der Waals surface area (Å²) >= 11 is 3.37. The first-order chi connectivity index (χ1) is 6.63. The fourth-order valence-electron chi connectivity index (χ4n) is 1.26. The van der Waals surface area contributed by atoms with Gasteiger partial charge in [-0.3, -0.25) is 0 Å². The fraction of sp³-hybridized carbons (Fsp3) is 0.364. The predicted octanol–water partition coefficient (Wildman–Crippen LogP) is 2.58. The standard InChI is InChI=1S/C11H14BrNO.ClH/c1-8(11(13)7-14)6-9-2-4-10(12)5-3-9;/h2-5,7-8,11H,6,13H2,1H3;1H. The zero-order chi connectivity index (χ0) is 10.6. The average molecular weight is 293 g/mol. The van der Waals surface area contributed by atoms with E-state index >= 15 is 0 Å². The van der Waals surface area contributed by atoms with Crippen molar-refractivity contribution >= 4 is 34.6 Å². The van der Waals surface area contributed by atoms with Crippen molar-refractivity contribution in [1.29, 1.82) is 0 Å². The van der Waals surface area contributed by atoms with Crippen molar-refractivity contribution in [2.45, 2.75) is 19.4 Å². The van der Waals surface area contributed by atoms with Crippen molar-refractivity contribution in [3.63, 3.8) is 0 Å². The third-order valence-electron chi connectivity index (χ3n) is 2.29. The van der Waals surface area contributed by atoms with Crippen LogP contribution in [0.2, 0.25) is 0 Å². The molecule has 0 saturated heterocycles. The van der Waals surface area contributed by atoms with Crippen molar-refractivity contribution in [2.75, 3.05) is 0 Å². The Bertz CT molecular complexity index is 302. The second kappa shape index (κ2) is 6.99. The average Bonchev–Trinajstić information content (AvgIpc) is 2.20. The Morgan fingerprint density at radius 3 is 2.40 bits per heavy atom. The zero-order valence-electron chi connectivity index (χ0n) is 8.52. The second-order valence-corrected chi connectivity index (χ2v) is 4.44. The van der Waals surface area contributed by atoms with Gasteiger partial charge in [-0.2, -0.15) is 0 Å². The molecule has 15 heavy (non-hydrogen) atoms. The number of hydrogen-bond acceptors (Lipinski definition) is 2. The van der Waals surface area contributed by atoms with E-state index in [0.29, 0.717) is 0 Å². The van der Waals surface area contributed by atoms with Gasteiger partial charge in [0, 0.05) is 4.47 Å². The van der Waals surface area contributed by atoms with Crippen LogP contribution in [0.5, 0.6) is 0 Å². The molecule has 2 nitrogen and oxygen atoms in total. The Hall–Kier alpha value is -0.380. The lowest BCUT2D eigenvalue weighted by Crippen LogP contribution is -2.30. The predicted molar refractivity (Wildman–Crippen MR) is 68.3 cm³/mol. The number of nitrogens with two attached hydrogens (primary N) is 1. The lowest BCUT2D eigenvalue weighted by atomic mass is 9.95. The van der Waals surface area contributed by atoms with Crippen molar-refractivity contribution < 1.29 is 4.79 Å². The largest absolute Gasteiger partial charge is 0.322 e. The zero-order valence-corrected chi connectivity index (χ0v) is 10.9. The summed E-state index contributed by atoms with van der Waals surface area (Å²) in [5.41, 5.74) is 6.82. The molecule has 4 heteroatoms. The molecular weight excluding hydrogens is 277 g/mol. The van der Waals surface area contributed by atoms with Crippen LogP contribution in [-0.2, 0) is 11.2 Å². The summed E-state index contributed by atoms with van der Waals surface area (Å²) in [5.74, 6) is 0.189. The minimum atomic E-state index is -0.362. The van der Waals surface area contributed by atoms with Crippen LogP contribution < -0.4 is 5.73 Å². The molecule has 1 aromatic rings. The Labute approximate surface area is 105 Å². The van der Waals surface area contributed by atoms with Crippen LogP contribution in [0.25, 0.3) is 0 Å². The van der Waals surface area contributed by atoms with E-state index in [1.165, 1.54) is 5.56 Å². The van der Waals surface area contributed by atoms with E-state index in [9.17, 15) is 4.79 Å². The number of halogens is 2. The molecule has 2 atom stereocenters. The third-order valence-corrected chi connectivity index (χ3v) is 2.81. The Balaban J connectivity index is 0.00000196. The molecule has 84 valence electrons. The molecule has 0 aliphatic rings. The number of benzene rings is 1. The molecule has 2 N–H and O–H groups in total. The number of aldehydes is 1. The normalized spacial score (nSPS) is 13.8. The topological polar surface area (TPSA) is 43.1 Å². The van der Waals surface area contributed by atoms with Gasteiger partial charge in [0.05, 0.1) is 6.04 Å². The van der Waals surface area contributed by atoms with Crippen LogP contribution >= 0.6 is 28.3 Å². The van der Waals surface area contributed by atoms with Crippen LogP contribution in [0.1, 0.15) is 12.5 Å². The monoisotopic (exact) mass is 291 g/mol. The van der Waals surface area contributed by atoms with Gasteiger partial charge in [0.2, 0.25) is 0 Å². The molecule has 0 aliphatic heterocycles. The fourth-order valence-corrected chi connectivity index (χ4v) is 1.53. The van der Waals surface area contributed by atoms with E-state index in [1.54, 1.807) is 0 Å². The molecule has 2 unspecified atom stereocenters. The molecule has 1 aromatic carbocycles. The Kier molecular flexibility index (Phi) is 6.81. The molecular formula is C11H15BrClNO. The van der Waals surface area contributed by atoms with Gasteiger partial charge in [0.15, 0.2) is 0 Å². The maximum Gasteiger partial charge on any atom is 0.136 e. The summed E-state index contributed by atoms with van der Waals surface area (Å²) in [6.07, 6.45) is 1.65. The van der Waals surface area contributed by atoms with Gasteiger partial charge >= 0.3 is 0 Å². The summed E-state index contributed by atoms with van der Waals surface area (Å²) in [7, 11) is 0. The van der Waals surface area contributed by atoms with Gasteiger partial charge in [0.1, 0.15) is 6.29 Å². The number of carbonyl (C=O) groups excluding carboxylic acids is 1. The highest BCUT2D eigenvalue weighted by Gasteiger charge is 2.11. The molecule has 0 heterocycles. The molecule has 1 rings (SSSR count). The molecule has 0 spiro atoms. The maximum absolute atomic E-state index is 10.5. The number of hydrogen-bond donors (Lipinski definition) is 1. The van der Waals surface area contributed by atoms with Crippen LogP contribution in [0.15, 0.2) is 28.7 Å². The van der Waals surface area contributed by atoms with Crippen molar-refractivity contribution in [1.82, 2.24) is 0 Å². The molecule has 0 saturated carbocycles. The first kappa shape index (κ1) is 14.6. The highest BCUT2D eigenvalue weighted by atomic mass is 79.9. The van der Waals surface area contributed by atoms with Crippen LogP contribution in [-0.4, -0.2) is 12.3 Å². The van der Waals surface area contributed by atoms with Gasteiger partial charge in [-0.05, 0) is 30.0 Å². The number of carbonyl (C=O) groups is 1. The SMILES string of the molecule is CC(Cc1ccc(Br)cc1)C(N)C=O.Cl. The van der Waals surface area contributed by atoms with E-state index in [1.807, 2.05) is 31.2 Å². The molecule has 0 aliphatic carbocycles. The van der Waals surface area contributed by atoms with E-state index in [4.69, 9.17) is 5.73 Å². The second-order valence-electron chi connectivity index (χ2n) is 3.52. The number of rotatable bonds is 4. The lowest BCUT2D eigenvalue weighted by molar-refractivity contribution is -0.109. The van der Waals surface area contributed by atoms with Gasteiger partial charge in [-0.1, -0.05) is 35.0 Å². The van der Waals surface area contributed by atoms with E-state index in [0.717, 1.165) is 17.2 Å². The van der Waals surface area contributed by atoms with Gasteiger partial charge in [0.25, 0.3) is 0 Å². The summed E-state index contributed by atoms with van der Waals surface area (Å²) in [6.45, 7) is 1.99. The van der Waals surface area contributed by atoms with Crippen molar-refractivity contribution in [2.24, 2.45) is 11.7 Å². The highest BCUT2D eigenvalue weighted by Crippen LogP contribution is 2.14. The Morgan fingerprint density at radius 2 is 1.93 bits per heavy atom. The van der Waals surface area contributed by atoms with Gasteiger partial charge in [-0.15, -0.1) is 12.4 Å². The van der Waals surface area contributed by atoms with E-state index in [-0.39, 0.29) is 24.4 Å². The molecule has 0 fully saturated rings. The summed E-state index contributed by atoms with van der Waals surface area (Å²) in [4.78, 5) is 10.5. The molecule has 0 aromatic heterocycles. The van der Waals surface area contributed by atoms with Crippen molar-refractivity contribution in [3.8, 4) is 0 Å². The van der Waals surface area contributed by atoms with Gasteiger partial charge < -0.3 is 10.5 Å². The summed E-state index contributed by atoms with van der Waals surface area (Å²) in [5, 5.41) is 0. The Morgan fingerprint density at radius 1 is 1.40 bits per heavy atom. The van der Waals surface area contributed by atoms with Crippen LogP contribution in [0.3, 0.4) is 0 Å². The lowest BCUT2D eigenvalue weighted by Gasteiger charge is -2.14. The molecule has 0 amide bonds. The third kappa shape index (κ3) is 4.78. The van der Waals surface area contributed by atoms with E-state index < -0.39 is 0 Å². The molecule has 0 bridgehead atoms. The minimum Gasteiger partial charge on any atom is -0.322 e. The van der Waals surface area contributed by atoms with Crippen LogP contribution in [0.4, 0.5) is 0 Å². The van der Waals surface area contributed by atoms with Crippen LogP contribution in [0, 0.1) is 5.92 Å². The minimum absolute atomic E-state index is 0. The smallest absolute Gasteiger partial charge is 0.136 e. The van der Waals surface area contributed by atoms with Crippen molar-refractivity contribution in [3.05, 3.63) is 34.3 Å². The van der Waals surface area contributed by atoms with E-state index in [2.05, 4.69) is 15.9 Å². The first-order valence-electron chi connectivity index (χ1n) is 4.59. The molecule has 0 radical (unpaired) electrons.